The molecule has 1 heterocycles. The summed E-state index contributed by atoms with van der Waals surface area (Å²) in [6.07, 6.45) is 0. The van der Waals surface area contributed by atoms with Crippen molar-refractivity contribution in [3.05, 3.63) is 60.7 Å². The Morgan fingerprint density at radius 3 is 1.42 bits per heavy atom. The molecule has 3 rings (SSSR count). The van der Waals surface area contributed by atoms with Crippen LogP contribution in [-0.2, 0) is 0 Å². The van der Waals surface area contributed by atoms with Gasteiger partial charge in [0.15, 0.2) is 0 Å². The van der Waals surface area contributed by atoms with Crippen LogP contribution in [-0.4, -0.2) is 0 Å². The molecule has 8 N–H and O–H groups in total. The molecule has 2 aromatic carbocycles. The zero-order chi connectivity index (χ0) is 17.3. The summed E-state index contributed by atoms with van der Waals surface area (Å²) in [5.41, 5.74) is 23.9. The Labute approximate surface area is 140 Å². The van der Waals surface area contributed by atoms with Gasteiger partial charge in [-0.3, -0.25) is 22.0 Å². The lowest BCUT2D eigenvalue weighted by Crippen LogP contribution is -2.14. The molecule has 0 radical (unpaired) electrons. The van der Waals surface area contributed by atoms with Crippen LogP contribution in [0.1, 0.15) is 0 Å². The van der Waals surface area contributed by atoms with Gasteiger partial charge in [-0.05, 0) is 24.3 Å². The molecule has 24 heavy (non-hydrogen) atoms. The molecule has 0 atom stereocenters. The SMILES string of the molecule is NP1(N)=NP(N)(N)=NP(Oc2ccccc2)(Oc2ccccc2)=N1. The van der Waals surface area contributed by atoms with Crippen molar-refractivity contribution in [2.45, 2.75) is 0 Å². The smallest absolute Gasteiger partial charge is 0.414 e. The third kappa shape index (κ3) is 4.35. The van der Waals surface area contributed by atoms with Gasteiger partial charge in [0.05, 0.1) is 0 Å². The summed E-state index contributed by atoms with van der Waals surface area (Å²) in [7, 11) is -9.52. The summed E-state index contributed by atoms with van der Waals surface area (Å²) >= 11 is 0. The Hall–Kier alpha value is -1.43. The first kappa shape index (κ1) is 17.4. The number of hydrogen-bond donors (Lipinski definition) is 4. The average Bonchev–Trinajstić information content (AvgIpc) is 2.45. The van der Waals surface area contributed by atoms with Crippen molar-refractivity contribution in [2.75, 3.05) is 0 Å². The fourth-order valence-corrected chi connectivity index (χ4v) is 9.52. The van der Waals surface area contributed by atoms with E-state index in [0.29, 0.717) is 11.5 Å². The number of para-hydroxylation sites is 2. The first-order valence-corrected chi connectivity index (χ1v) is 12.0. The van der Waals surface area contributed by atoms with Crippen molar-refractivity contribution < 1.29 is 9.05 Å². The summed E-state index contributed by atoms with van der Waals surface area (Å²) in [6.45, 7) is 0. The lowest BCUT2D eigenvalue weighted by Gasteiger charge is -2.28. The standard InChI is InChI=1S/C12H18N7O2P3/c13-22(14)17-23(15,16)19-24(18-22,20-11-7-3-1-4-8-11)21-12-9-5-2-6-10-12/h1-10H,13-16H2. The van der Waals surface area contributed by atoms with Gasteiger partial charge in [-0.15, -0.1) is 9.03 Å². The van der Waals surface area contributed by atoms with E-state index in [2.05, 4.69) is 13.5 Å². The fraction of sp³-hybridized carbons (Fsp3) is 0. The topological polar surface area (TPSA) is 160 Å². The first-order chi connectivity index (χ1) is 11.3. The highest BCUT2D eigenvalue weighted by molar-refractivity contribution is 7.81. The first-order valence-electron chi connectivity index (χ1n) is 6.83. The van der Waals surface area contributed by atoms with E-state index in [1.807, 2.05) is 36.4 Å². The van der Waals surface area contributed by atoms with Crippen LogP contribution in [0.4, 0.5) is 0 Å². The van der Waals surface area contributed by atoms with E-state index < -0.39 is 22.7 Å². The molecule has 9 nitrogen and oxygen atoms in total. The van der Waals surface area contributed by atoms with E-state index in [1.54, 1.807) is 24.3 Å². The molecule has 0 unspecified atom stereocenters. The predicted octanol–water partition coefficient (Wildman–Crippen LogP) is 3.83. The maximum atomic E-state index is 5.97. The quantitative estimate of drug-likeness (QED) is 0.585. The number of benzene rings is 2. The predicted molar refractivity (Wildman–Crippen MR) is 98.9 cm³/mol. The van der Waals surface area contributed by atoms with E-state index in [0.717, 1.165) is 0 Å². The van der Waals surface area contributed by atoms with Gasteiger partial charge in [0.2, 0.25) is 15.0 Å². The van der Waals surface area contributed by atoms with Crippen LogP contribution in [0.2, 0.25) is 0 Å². The number of nitrogens with zero attached hydrogens (tertiary/aromatic N) is 3. The number of nitrogens with two attached hydrogens (primary N) is 4. The molecule has 128 valence electrons. The molecule has 0 aliphatic carbocycles. The highest BCUT2D eigenvalue weighted by atomic mass is 31.3. The Morgan fingerprint density at radius 2 is 1.00 bits per heavy atom. The van der Waals surface area contributed by atoms with Crippen LogP contribution < -0.4 is 31.1 Å². The summed E-state index contributed by atoms with van der Waals surface area (Å²) in [5, 5.41) is 0. The second-order valence-electron chi connectivity index (χ2n) is 4.97. The van der Waals surface area contributed by atoms with Crippen LogP contribution in [0, 0.1) is 0 Å². The van der Waals surface area contributed by atoms with E-state index in [9.17, 15) is 0 Å². The average molecular weight is 385 g/mol. The highest BCUT2D eigenvalue weighted by Gasteiger charge is 2.35. The van der Waals surface area contributed by atoms with Gasteiger partial charge in [-0.25, -0.2) is 0 Å². The molecular formula is C12H18N7O2P3. The number of rotatable bonds is 4. The summed E-state index contributed by atoms with van der Waals surface area (Å²) in [6, 6.07) is 17.9. The van der Waals surface area contributed by atoms with Crippen molar-refractivity contribution in [3.8, 4) is 11.5 Å². The lowest BCUT2D eigenvalue weighted by molar-refractivity contribution is 0.478. The van der Waals surface area contributed by atoms with Crippen LogP contribution in [0.3, 0.4) is 0 Å². The normalized spacial score (nSPS) is 20.0. The van der Waals surface area contributed by atoms with E-state index in [1.165, 1.54) is 0 Å². The van der Waals surface area contributed by atoms with Crippen LogP contribution in [0.5, 0.6) is 11.5 Å². The Balaban J connectivity index is 2.14. The molecule has 12 heteroatoms. The zero-order valence-corrected chi connectivity index (χ0v) is 15.3. The molecule has 0 spiro atoms. The minimum absolute atomic E-state index is 0.496. The third-order valence-corrected chi connectivity index (χ3v) is 10.0. The molecule has 1 aliphatic heterocycles. The van der Waals surface area contributed by atoms with Gasteiger partial charge in [-0.1, -0.05) is 36.4 Å². The van der Waals surface area contributed by atoms with E-state index in [4.69, 9.17) is 31.1 Å². The Morgan fingerprint density at radius 1 is 0.583 bits per heavy atom. The van der Waals surface area contributed by atoms with Crippen molar-refractivity contribution >= 4 is 22.7 Å². The zero-order valence-electron chi connectivity index (χ0n) is 12.6. The summed E-state index contributed by atoms with van der Waals surface area (Å²) < 4.78 is 24.5. The van der Waals surface area contributed by atoms with Crippen LogP contribution >= 0.6 is 22.7 Å². The molecule has 2 aromatic rings. The van der Waals surface area contributed by atoms with Crippen molar-refractivity contribution in [2.24, 2.45) is 35.6 Å². The van der Waals surface area contributed by atoms with Crippen LogP contribution in [0.25, 0.3) is 0 Å². The Bertz CT molecular complexity index is 836. The largest absolute Gasteiger partial charge is 0.454 e. The van der Waals surface area contributed by atoms with Crippen molar-refractivity contribution in [3.63, 3.8) is 0 Å². The highest BCUT2D eigenvalue weighted by Crippen LogP contribution is 2.69. The second-order valence-corrected chi connectivity index (χ2v) is 11.3. The Kier molecular flexibility index (Phi) is 4.69. The number of hydrogen-bond acceptors (Lipinski definition) is 9. The molecule has 0 amide bonds. The molecule has 0 bridgehead atoms. The fourth-order valence-electron chi connectivity index (χ4n) is 1.97. The molecule has 0 saturated carbocycles. The minimum atomic E-state index is -3.32. The van der Waals surface area contributed by atoms with Crippen molar-refractivity contribution in [1.29, 1.82) is 0 Å². The third-order valence-electron chi connectivity index (χ3n) is 2.73. The molecule has 1 aliphatic rings. The minimum Gasteiger partial charge on any atom is -0.414 e. The molecule has 0 fully saturated rings. The molecule has 0 aromatic heterocycles. The monoisotopic (exact) mass is 385 g/mol. The lowest BCUT2D eigenvalue weighted by atomic mass is 10.3. The van der Waals surface area contributed by atoms with E-state index >= 15 is 0 Å². The summed E-state index contributed by atoms with van der Waals surface area (Å²) in [4.78, 5) is 0. The van der Waals surface area contributed by atoms with Crippen LogP contribution in [0.15, 0.2) is 74.2 Å². The maximum absolute atomic E-state index is 5.97. The maximum Gasteiger partial charge on any atom is 0.454 e. The van der Waals surface area contributed by atoms with E-state index in [-0.39, 0.29) is 0 Å². The molecule has 0 saturated heterocycles. The molecular weight excluding hydrogens is 367 g/mol. The van der Waals surface area contributed by atoms with Gasteiger partial charge in [-0.2, -0.15) is 4.52 Å². The van der Waals surface area contributed by atoms with Crippen molar-refractivity contribution in [1.82, 2.24) is 0 Å². The van der Waals surface area contributed by atoms with Gasteiger partial charge in [0.1, 0.15) is 11.5 Å². The van der Waals surface area contributed by atoms with Gasteiger partial charge in [0.25, 0.3) is 0 Å². The summed E-state index contributed by atoms with van der Waals surface area (Å²) in [5.74, 6) is 0.993. The van der Waals surface area contributed by atoms with Gasteiger partial charge >= 0.3 is 7.66 Å². The van der Waals surface area contributed by atoms with Gasteiger partial charge in [0, 0.05) is 0 Å². The van der Waals surface area contributed by atoms with Gasteiger partial charge < -0.3 is 9.05 Å². The second kappa shape index (κ2) is 6.47.